The lowest BCUT2D eigenvalue weighted by Gasteiger charge is -2.22. The van der Waals surface area contributed by atoms with E-state index in [4.69, 9.17) is 4.74 Å². The monoisotopic (exact) mass is 361 g/mol. The number of amides is 1. The molecule has 0 aliphatic rings. The lowest BCUT2D eigenvalue weighted by Crippen LogP contribution is -2.30. The number of hydrogen-bond acceptors (Lipinski definition) is 4. The molecule has 0 fully saturated rings. The van der Waals surface area contributed by atoms with Gasteiger partial charge in [-0.2, -0.15) is 0 Å². The van der Waals surface area contributed by atoms with Crippen LogP contribution in [0.15, 0.2) is 53.4 Å². The van der Waals surface area contributed by atoms with Gasteiger partial charge >= 0.3 is 0 Å². The molecule has 0 aliphatic heterocycles. The van der Waals surface area contributed by atoms with Gasteiger partial charge in [-0.15, -0.1) is 0 Å². The predicted octanol–water partition coefficient (Wildman–Crippen LogP) is 3.15. The molecule has 0 aromatic heterocycles. The number of sulfone groups is 1. The summed E-state index contributed by atoms with van der Waals surface area (Å²) in [5, 5.41) is 0. The predicted molar refractivity (Wildman–Crippen MR) is 97.6 cm³/mol. The molecule has 6 heteroatoms. The van der Waals surface area contributed by atoms with E-state index in [0.717, 1.165) is 17.6 Å². The van der Waals surface area contributed by atoms with Gasteiger partial charge in [0.2, 0.25) is 0 Å². The Balaban J connectivity index is 2.22. The maximum atomic E-state index is 12.7. The van der Waals surface area contributed by atoms with E-state index in [2.05, 4.69) is 0 Å². The van der Waals surface area contributed by atoms with Crippen molar-refractivity contribution in [2.75, 3.05) is 19.4 Å². The van der Waals surface area contributed by atoms with Crippen LogP contribution in [0.1, 0.15) is 29.8 Å². The Morgan fingerprint density at radius 1 is 1.04 bits per heavy atom. The summed E-state index contributed by atoms with van der Waals surface area (Å²) < 4.78 is 28.7. The van der Waals surface area contributed by atoms with Crippen LogP contribution in [0.5, 0.6) is 5.75 Å². The van der Waals surface area contributed by atoms with Crippen LogP contribution in [-0.4, -0.2) is 38.6 Å². The minimum Gasteiger partial charge on any atom is -0.494 e. The number of carbonyl (C=O) groups is 1. The van der Waals surface area contributed by atoms with E-state index >= 15 is 0 Å². The second-order valence-corrected chi connectivity index (χ2v) is 7.67. The molecule has 1 amide bonds. The molecule has 0 bridgehead atoms. The Bertz CT molecular complexity index is 829. The van der Waals surface area contributed by atoms with Crippen LogP contribution < -0.4 is 4.74 Å². The van der Waals surface area contributed by atoms with Gasteiger partial charge in [0, 0.05) is 30.5 Å². The highest BCUT2D eigenvalue weighted by Gasteiger charge is 2.17. The molecule has 0 heterocycles. The summed E-state index contributed by atoms with van der Waals surface area (Å²) in [4.78, 5) is 14.7. The number of nitrogens with zero attached hydrogens (tertiary/aromatic N) is 1. The highest BCUT2D eigenvalue weighted by atomic mass is 32.2. The summed E-state index contributed by atoms with van der Waals surface area (Å²) >= 11 is 0. The first-order chi connectivity index (χ1) is 11.9. The minimum absolute atomic E-state index is 0.145. The van der Waals surface area contributed by atoms with Crippen LogP contribution in [0.4, 0.5) is 0 Å². The third-order valence-electron chi connectivity index (χ3n) is 3.83. The van der Waals surface area contributed by atoms with E-state index in [0.29, 0.717) is 25.3 Å². The molecule has 0 N–H and O–H groups in total. The maximum Gasteiger partial charge on any atom is 0.254 e. The largest absolute Gasteiger partial charge is 0.494 e. The molecule has 5 nitrogen and oxygen atoms in total. The van der Waals surface area contributed by atoms with Gasteiger partial charge in [0.25, 0.3) is 5.91 Å². The molecular weight excluding hydrogens is 338 g/mol. The van der Waals surface area contributed by atoms with E-state index in [9.17, 15) is 13.2 Å². The molecule has 0 unspecified atom stereocenters. The van der Waals surface area contributed by atoms with E-state index in [1.165, 1.54) is 12.1 Å². The topological polar surface area (TPSA) is 63.7 Å². The van der Waals surface area contributed by atoms with Crippen molar-refractivity contribution in [2.24, 2.45) is 0 Å². The highest BCUT2D eigenvalue weighted by Crippen LogP contribution is 2.21. The van der Waals surface area contributed by atoms with E-state index in [-0.39, 0.29) is 10.8 Å². The van der Waals surface area contributed by atoms with Crippen molar-refractivity contribution in [1.82, 2.24) is 4.90 Å². The fraction of sp³-hybridized carbons (Fsp3) is 0.316. The molecule has 2 aromatic carbocycles. The Kier molecular flexibility index (Phi) is 6.20. The standard InChI is InChI=1S/C19H23NO4S/c1-4-20(14-16-8-6-7-9-18(16)24-5-2)19(21)15-10-12-17(13-11-15)25(3,22)23/h6-13H,4-5,14H2,1-3H3. The number of benzene rings is 2. The average molecular weight is 361 g/mol. The summed E-state index contributed by atoms with van der Waals surface area (Å²) in [6.45, 7) is 5.35. The van der Waals surface area contributed by atoms with Crippen LogP contribution in [0, 0.1) is 0 Å². The van der Waals surface area contributed by atoms with Crippen LogP contribution in [0.25, 0.3) is 0 Å². The Hall–Kier alpha value is -2.34. The van der Waals surface area contributed by atoms with Crippen LogP contribution in [0.2, 0.25) is 0 Å². The zero-order chi connectivity index (χ0) is 18.4. The molecule has 0 spiro atoms. The van der Waals surface area contributed by atoms with Gasteiger partial charge in [-0.3, -0.25) is 4.79 Å². The minimum atomic E-state index is -3.27. The van der Waals surface area contributed by atoms with Gasteiger partial charge in [-0.1, -0.05) is 18.2 Å². The number of hydrogen-bond donors (Lipinski definition) is 0. The third kappa shape index (κ3) is 4.82. The van der Waals surface area contributed by atoms with Crippen molar-refractivity contribution < 1.29 is 17.9 Å². The van der Waals surface area contributed by atoms with Crippen LogP contribution >= 0.6 is 0 Å². The Morgan fingerprint density at radius 2 is 1.68 bits per heavy atom. The van der Waals surface area contributed by atoms with Crippen LogP contribution in [-0.2, 0) is 16.4 Å². The number of carbonyl (C=O) groups excluding carboxylic acids is 1. The number of ether oxygens (including phenoxy) is 1. The molecule has 2 aromatic rings. The molecule has 25 heavy (non-hydrogen) atoms. The molecule has 0 saturated heterocycles. The first kappa shape index (κ1) is 19.0. The van der Waals surface area contributed by atoms with Crippen molar-refractivity contribution >= 4 is 15.7 Å². The third-order valence-corrected chi connectivity index (χ3v) is 4.96. The molecule has 0 radical (unpaired) electrons. The lowest BCUT2D eigenvalue weighted by atomic mass is 10.1. The lowest BCUT2D eigenvalue weighted by molar-refractivity contribution is 0.0751. The Morgan fingerprint density at radius 3 is 2.24 bits per heavy atom. The molecule has 2 rings (SSSR count). The quantitative estimate of drug-likeness (QED) is 0.760. The molecule has 0 aliphatic carbocycles. The average Bonchev–Trinajstić information content (AvgIpc) is 2.60. The van der Waals surface area contributed by atoms with E-state index < -0.39 is 9.84 Å². The van der Waals surface area contributed by atoms with E-state index in [1.54, 1.807) is 17.0 Å². The summed E-state index contributed by atoms with van der Waals surface area (Å²) in [6, 6.07) is 13.7. The Labute approximate surface area is 149 Å². The SMILES string of the molecule is CCOc1ccccc1CN(CC)C(=O)c1ccc(S(C)(=O)=O)cc1. The van der Waals surface area contributed by atoms with Gasteiger partial charge in [0.1, 0.15) is 5.75 Å². The van der Waals surface area contributed by atoms with Crippen molar-refractivity contribution in [1.29, 1.82) is 0 Å². The fourth-order valence-electron chi connectivity index (χ4n) is 2.49. The normalized spacial score (nSPS) is 11.2. The highest BCUT2D eigenvalue weighted by molar-refractivity contribution is 7.90. The first-order valence-corrected chi connectivity index (χ1v) is 10.1. The second kappa shape index (κ2) is 8.16. The molecular formula is C19H23NO4S. The van der Waals surface area contributed by atoms with Gasteiger partial charge in [0.05, 0.1) is 11.5 Å². The first-order valence-electron chi connectivity index (χ1n) is 8.17. The summed E-state index contributed by atoms with van der Waals surface area (Å²) in [5.74, 6) is 0.623. The molecule has 134 valence electrons. The van der Waals surface area contributed by atoms with Gasteiger partial charge in [0.15, 0.2) is 9.84 Å². The van der Waals surface area contributed by atoms with Crippen molar-refractivity contribution in [3.05, 3.63) is 59.7 Å². The summed E-state index contributed by atoms with van der Waals surface area (Å²) in [6.07, 6.45) is 1.15. The maximum absolute atomic E-state index is 12.7. The number of rotatable bonds is 7. The van der Waals surface area contributed by atoms with E-state index in [1.807, 2.05) is 38.1 Å². The number of para-hydroxylation sites is 1. The summed E-state index contributed by atoms with van der Waals surface area (Å²) in [7, 11) is -3.27. The van der Waals surface area contributed by atoms with Crippen molar-refractivity contribution in [3.63, 3.8) is 0 Å². The smallest absolute Gasteiger partial charge is 0.254 e. The van der Waals surface area contributed by atoms with Crippen molar-refractivity contribution in [2.45, 2.75) is 25.3 Å². The molecule has 0 atom stereocenters. The van der Waals surface area contributed by atoms with Crippen molar-refractivity contribution in [3.8, 4) is 5.75 Å². The second-order valence-electron chi connectivity index (χ2n) is 5.66. The van der Waals surface area contributed by atoms with Gasteiger partial charge in [-0.05, 0) is 44.2 Å². The van der Waals surface area contributed by atoms with Crippen LogP contribution in [0.3, 0.4) is 0 Å². The zero-order valence-corrected chi connectivity index (χ0v) is 15.5. The van der Waals surface area contributed by atoms with Gasteiger partial charge in [-0.25, -0.2) is 8.42 Å². The fourth-order valence-corrected chi connectivity index (χ4v) is 3.12. The summed E-state index contributed by atoms with van der Waals surface area (Å²) in [5.41, 5.74) is 1.40. The zero-order valence-electron chi connectivity index (χ0n) is 14.7. The van der Waals surface area contributed by atoms with Gasteiger partial charge < -0.3 is 9.64 Å². The molecule has 0 saturated carbocycles.